The molecule has 0 fully saturated rings. The van der Waals surface area contributed by atoms with Crippen LogP contribution in [0.15, 0.2) is 41.6 Å². The molecule has 2 aromatic heterocycles. The van der Waals surface area contributed by atoms with Crippen LogP contribution in [0, 0.1) is 6.92 Å². The Morgan fingerprint density at radius 2 is 1.88 bits per heavy atom. The number of anilines is 1. The fraction of sp³-hybridized carbons (Fsp3) is 0.176. The predicted octanol–water partition coefficient (Wildman–Crippen LogP) is 4.76. The van der Waals surface area contributed by atoms with Crippen molar-refractivity contribution in [3.63, 3.8) is 0 Å². The van der Waals surface area contributed by atoms with Crippen LogP contribution in [-0.4, -0.2) is 26.1 Å². The van der Waals surface area contributed by atoms with Crippen LogP contribution < -0.4 is 5.32 Å². The van der Waals surface area contributed by atoms with Gasteiger partial charge in [0.25, 0.3) is 0 Å². The Labute approximate surface area is 159 Å². The molecule has 0 saturated carbocycles. The lowest BCUT2D eigenvalue weighted by Crippen LogP contribution is -2.23. The zero-order valence-corrected chi connectivity index (χ0v) is 15.8. The molecule has 1 amide bonds. The minimum absolute atomic E-state index is 0.226. The van der Waals surface area contributed by atoms with Crippen molar-refractivity contribution in [1.82, 2.24) is 15.0 Å². The lowest BCUT2D eigenvalue weighted by Gasteiger charge is -2.13. The highest BCUT2D eigenvalue weighted by atomic mass is 35.5. The number of amides is 1. The SMILES string of the molecule is Cc1nc2ccccc2nc1SC(C)C(=O)Nc1ncc(Cl)cc1Cl. The van der Waals surface area contributed by atoms with Gasteiger partial charge < -0.3 is 5.32 Å². The summed E-state index contributed by atoms with van der Waals surface area (Å²) >= 11 is 13.2. The largest absolute Gasteiger partial charge is 0.308 e. The zero-order chi connectivity index (χ0) is 18.0. The molecule has 1 unspecified atom stereocenters. The zero-order valence-electron chi connectivity index (χ0n) is 13.5. The van der Waals surface area contributed by atoms with Crippen LogP contribution in [0.4, 0.5) is 5.82 Å². The molecule has 0 spiro atoms. The van der Waals surface area contributed by atoms with Gasteiger partial charge in [0.2, 0.25) is 5.91 Å². The number of rotatable bonds is 4. The summed E-state index contributed by atoms with van der Waals surface area (Å²) in [5.74, 6) is 0.0564. The second-order valence-corrected chi connectivity index (χ2v) is 7.51. The number of nitrogens with zero attached hydrogens (tertiary/aromatic N) is 3. The molecule has 1 aromatic carbocycles. The van der Waals surface area contributed by atoms with Gasteiger partial charge in [-0.05, 0) is 32.0 Å². The third-order valence-corrected chi connectivity index (χ3v) is 5.08. The van der Waals surface area contributed by atoms with Gasteiger partial charge in [-0.25, -0.2) is 15.0 Å². The number of hydrogen-bond donors (Lipinski definition) is 1. The molecule has 0 radical (unpaired) electrons. The molecule has 5 nitrogen and oxygen atoms in total. The van der Waals surface area contributed by atoms with Gasteiger partial charge in [0, 0.05) is 6.20 Å². The van der Waals surface area contributed by atoms with E-state index in [0.717, 1.165) is 21.8 Å². The smallest absolute Gasteiger partial charge is 0.238 e. The summed E-state index contributed by atoms with van der Waals surface area (Å²) in [6, 6.07) is 9.16. The summed E-state index contributed by atoms with van der Waals surface area (Å²) < 4.78 is 0. The number of thioether (sulfide) groups is 1. The van der Waals surface area contributed by atoms with Gasteiger partial charge in [0.1, 0.15) is 5.03 Å². The van der Waals surface area contributed by atoms with Crippen molar-refractivity contribution in [2.45, 2.75) is 24.1 Å². The van der Waals surface area contributed by atoms with Gasteiger partial charge in [-0.15, -0.1) is 0 Å². The van der Waals surface area contributed by atoms with Crippen LogP contribution in [0.3, 0.4) is 0 Å². The molecule has 1 N–H and O–H groups in total. The summed E-state index contributed by atoms with van der Waals surface area (Å²) in [5.41, 5.74) is 2.41. The van der Waals surface area contributed by atoms with E-state index in [0.29, 0.717) is 10.0 Å². The van der Waals surface area contributed by atoms with Gasteiger partial charge in [-0.2, -0.15) is 0 Å². The van der Waals surface area contributed by atoms with Gasteiger partial charge in [-0.3, -0.25) is 4.79 Å². The predicted molar refractivity (Wildman–Crippen MR) is 102 cm³/mol. The standard InChI is InChI=1S/C17H14Cl2N4OS/c1-9-17(22-14-6-4-3-5-13(14)21-9)25-10(2)16(24)23-15-12(19)7-11(18)8-20-15/h3-8,10H,1-2H3,(H,20,23,24). The van der Waals surface area contributed by atoms with Crippen LogP contribution in [0.25, 0.3) is 11.0 Å². The second-order valence-electron chi connectivity index (χ2n) is 5.34. The highest BCUT2D eigenvalue weighted by Crippen LogP contribution is 2.28. The van der Waals surface area contributed by atoms with Crippen molar-refractivity contribution in [3.8, 4) is 0 Å². The Hall–Kier alpha value is -1.89. The molecule has 8 heteroatoms. The van der Waals surface area contributed by atoms with Crippen LogP contribution >= 0.6 is 35.0 Å². The molecule has 0 aliphatic rings. The molecule has 2 heterocycles. The van der Waals surface area contributed by atoms with E-state index < -0.39 is 5.25 Å². The monoisotopic (exact) mass is 392 g/mol. The molecular weight excluding hydrogens is 379 g/mol. The lowest BCUT2D eigenvalue weighted by atomic mass is 10.3. The molecule has 0 saturated heterocycles. The Balaban J connectivity index is 1.76. The molecule has 1 atom stereocenters. The summed E-state index contributed by atoms with van der Waals surface area (Å²) in [5, 5.41) is 3.72. The number of nitrogens with one attached hydrogen (secondary N) is 1. The number of aromatic nitrogens is 3. The molecular formula is C17H14Cl2N4OS. The van der Waals surface area contributed by atoms with E-state index in [-0.39, 0.29) is 11.7 Å². The molecule has 0 aliphatic heterocycles. The van der Waals surface area contributed by atoms with Crippen LogP contribution in [0.2, 0.25) is 10.0 Å². The van der Waals surface area contributed by atoms with Gasteiger partial charge in [-0.1, -0.05) is 47.1 Å². The quantitative estimate of drug-likeness (QED) is 0.648. The number of para-hydroxylation sites is 2. The fourth-order valence-corrected chi connectivity index (χ4v) is 3.42. The first kappa shape index (κ1) is 17.9. The molecule has 3 aromatic rings. The number of benzene rings is 1. The second kappa shape index (κ2) is 7.56. The fourth-order valence-electron chi connectivity index (χ4n) is 2.13. The average Bonchev–Trinajstić information content (AvgIpc) is 2.58. The van der Waals surface area contributed by atoms with E-state index in [4.69, 9.17) is 23.2 Å². The number of pyridine rings is 1. The van der Waals surface area contributed by atoms with Crippen LogP contribution in [0.5, 0.6) is 0 Å². The molecule has 0 bridgehead atoms. The van der Waals surface area contributed by atoms with Crippen molar-refractivity contribution in [2.75, 3.05) is 5.32 Å². The first-order valence-electron chi connectivity index (χ1n) is 7.46. The van der Waals surface area contributed by atoms with Crippen molar-refractivity contribution in [3.05, 3.63) is 52.3 Å². The minimum atomic E-state index is -0.400. The van der Waals surface area contributed by atoms with Crippen LogP contribution in [0.1, 0.15) is 12.6 Å². The van der Waals surface area contributed by atoms with Crippen molar-refractivity contribution >= 4 is 57.7 Å². The first-order valence-corrected chi connectivity index (χ1v) is 9.09. The summed E-state index contributed by atoms with van der Waals surface area (Å²) in [6.45, 7) is 3.67. The number of carbonyl (C=O) groups excluding carboxylic acids is 1. The van der Waals surface area contributed by atoms with Crippen molar-refractivity contribution in [2.24, 2.45) is 0 Å². The van der Waals surface area contributed by atoms with E-state index in [2.05, 4.69) is 20.3 Å². The number of halogens is 2. The van der Waals surface area contributed by atoms with E-state index in [1.807, 2.05) is 31.2 Å². The topological polar surface area (TPSA) is 67.8 Å². The highest BCUT2D eigenvalue weighted by molar-refractivity contribution is 8.00. The summed E-state index contributed by atoms with van der Waals surface area (Å²) in [6.07, 6.45) is 1.43. The summed E-state index contributed by atoms with van der Waals surface area (Å²) in [7, 11) is 0. The third kappa shape index (κ3) is 4.21. The molecule has 25 heavy (non-hydrogen) atoms. The Bertz CT molecular complexity index is 951. The van der Waals surface area contributed by atoms with E-state index >= 15 is 0 Å². The number of fused-ring (bicyclic) bond motifs is 1. The molecule has 3 rings (SSSR count). The molecule has 128 valence electrons. The first-order chi connectivity index (χ1) is 11.9. The Morgan fingerprint density at radius 3 is 2.56 bits per heavy atom. The normalized spacial score (nSPS) is 12.2. The maximum absolute atomic E-state index is 12.4. The third-order valence-electron chi connectivity index (χ3n) is 3.41. The summed E-state index contributed by atoms with van der Waals surface area (Å²) in [4.78, 5) is 25.6. The Morgan fingerprint density at radius 1 is 1.20 bits per heavy atom. The maximum atomic E-state index is 12.4. The lowest BCUT2D eigenvalue weighted by molar-refractivity contribution is -0.115. The Kier molecular flexibility index (Phi) is 5.42. The number of aryl methyl sites for hydroxylation is 1. The number of hydrogen-bond acceptors (Lipinski definition) is 5. The molecule has 0 aliphatic carbocycles. The van der Waals surface area contributed by atoms with Crippen molar-refractivity contribution in [1.29, 1.82) is 0 Å². The minimum Gasteiger partial charge on any atom is -0.308 e. The van der Waals surface area contributed by atoms with Crippen LogP contribution in [-0.2, 0) is 4.79 Å². The maximum Gasteiger partial charge on any atom is 0.238 e. The van der Waals surface area contributed by atoms with E-state index in [9.17, 15) is 4.79 Å². The van der Waals surface area contributed by atoms with Crippen molar-refractivity contribution < 1.29 is 4.79 Å². The van der Waals surface area contributed by atoms with Gasteiger partial charge >= 0.3 is 0 Å². The van der Waals surface area contributed by atoms with Gasteiger partial charge in [0.15, 0.2) is 5.82 Å². The number of carbonyl (C=O) groups is 1. The van der Waals surface area contributed by atoms with E-state index in [1.165, 1.54) is 24.0 Å². The van der Waals surface area contributed by atoms with Gasteiger partial charge in [0.05, 0.1) is 32.0 Å². The van der Waals surface area contributed by atoms with E-state index in [1.54, 1.807) is 6.92 Å². The average molecular weight is 393 g/mol. The highest BCUT2D eigenvalue weighted by Gasteiger charge is 2.19.